The fourth-order valence-corrected chi connectivity index (χ4v) is 1.71. The summed E-state index contributed by atoms with van der Waals surface area (Å²) in [5.74, 6) is 0. The van der Waals surface area contributed by atoms with Crippen LogP contribution in [-0.4, -0.2) is 11.5 Å². The third kappa shape index (κ3) is 2.92. The van der Waals surface area contributed by atoms with Crippen LogP contribution in [-0.2, 0) is 0 Å². The van der Waals surface area contributed by atoms with E-state index in [-0.39, 0.29) is 5.25 Å². The average molecular weight is 191 g/mol. The van der Waals surface area contributed by atoms with Gasteiger partial charge in [0.25, 0.3) is 0 Å². The van der Waals surface area contributed by atoms with Gasteiger partial charge in [-0.1, -0.05) is 12.1 Å². The van der Waals surface area contributed by atoms with Gasteiger partial charge in [0.05, 0.1) is 11.3 Å². The minimum atomic E-state index is -0.0816. The number of carbonyl (C=O) groups is 1. The molecule has 3 heteroatoms. The van der Waals surface area contributed by atoms with E-state index in [0.29, 0.717) is 5.56 Å². The Labute approximate surface area is 81.6 Å². The second-order valence-corrected chi connectivity index (χ2v) is 3.99. The summed E-state index contributed by atoms with van der Waals surface area (Å²) in [4.78, 5) is 11.4. The SMILES string of the molecule is CC(C#N)Sc1cccc(C=O)c1. The van der Waals surface area contributed by atoms with Gasteiger partial charge in [0.1, 0.15) is 6.29 Å². The Kier molecular flexibility index (Phi) is 3.53. The molecule has 1 aromatic rings. The van der Waals surface area contributed by atoms with Crippen molar-refractivity contribution in [2.24, 2.45) is 0 Å². The van der Waals surface area contributed by atoms with Gasteiger partial charge in [0, 0.05) is 10.5 Å². The zero-order valence-electron chi connectivity index (χ0n) is 7.23. The molecule has 66 valence electrons. The topological polar surface area (TPSA) is 40.9 Å². The molecular weight excluding hydrogens is 182 g/mol. The molecule has 0 heterocycles. The first kappa shape index (κ1) is 9.82. The fourth-order valence-electron chi connectivity index (χ4n) is 0.892. The van der Waals surface area contributed by atoms with E-state index >= 15 is 0 Å². The van der Waals surface area contributed by atoms with Crippen LogP contribution in [0, 0.1) is 11.3 Å². The molecule has 1 unspecified atom stereocenters. The van der Waals surface area contributed by atoms with E-state index in [9.17, 15) is 4.79 Å². The summed E-state index contributed by atoms with van der Waals surface area (Å²) in [5.41, 5.74) is 0.648. The van der Waals surface area contributed by atoms with Crippen LogP contribution in [0.1, 0.15) is 17.3 Å². The van der Waals surface area contributed by atoms with E-state index in [2.05, 4.69) is 6.07 Å². The van der Waals surface area contributed by atoms with Crippen molar-refractivity contribution in [1.82, 2.24) is 0 Å². The summed E-state index contributed by atoms with van der Waals surface area (Å²) >= 11 is 1.45. The Bertz CT molecular complexity index is 343. The lowest BCUT2D eigenvalue weighted by atomic mass is 10.2. The summed E-state index contributed by atoms with van der Waals surface area (Å²) in [6.45, 7) is 1.83. The molecular formula is C10H9NOS. The van der Waals surface area contributed by atoms with Crippen molar-refractivity contribution in [3.63, 3.8) is 0 Å². The van der Waals surface area contributed by atoms with Crippen molar-refractivity contribution in [3.05, 3.63) is 29.8 Å². The number of hydrogen-bond acceptors (Lipinski definition) is 3. The lowest BCUT2D eigenvalue weighted by Gasteiger charge is -2.02. The highest BCUT2D eigenvalue weighted by atomic mass is 32.2. The van der Waals surface area contributed by atoms with Crippen molar-refractivity contribution >= 4 is 18.0 Å². The van der Waals surface area contributed by atoms with Crippen LogP contribution < -0.4 is 0 Å². The molecule has 2 nitrogen and oxygen atoms in total. The van der Waals surface area contributed by atoms with Gasteiger partial charge < -0.3 is 0 Å². The van der Waals surface area contributed by atoms with E-state index in [0.717, 1.165) is 11.2 Å². The molecule has 0 bridgehead atoms. The first-order valence-electron chi connectivity index (χ1n) is 3.88. The molecule has 0 spiro atoms. The molecule has 1 atom stereocenters. The molecule has 0 N–H and O–H groups in total. The van der Waals surface area contributed by atoms with Crippen LogP contribution in [0.2, 0.25) is 0 Å². The lowest BCUT2D eigenvalue weighted by Crippen LogP contribution is -1.89. The quantitative estimate of drug-likeness (QED) is 0.544. The predicted molar refractivity (Wildman–Crippen MR) is 52.8 cm³/mol. The summed E-state index contributed by atoms with van der Waals surface area (Å²) < 4.78 is 0. The van der Waals surface area contributed by atoms with Gasteiger partial charge in [-0.2, -0.15) is 5.26 Å². The van der Waals surface area contributed by atoms with Crippen LogP contribution in [0.4, 0.5) is 0 Å². The third-order valence-electron chi connectivity index (χ3n) is 1.49. The molecule has 0 saturated carbocycles. The zero-order chi connectivity index (χ0) is 9.68. The number of hydrogen-bond donors (Lipinski definition) is 0. The van der Waals surface area contributed by atoms with E-state index in [1.54, 1.807) is 12.1 Å². The minimum Gasteiger partial charge on any atom is -0.298 e. The van der Waals surface area contributed by atoms with Crippen LogP contribution in [0.15, 0.2) is 29.2 Å². The van der Waals surface area contributed by atoms with Crippen molar-refractivity contribution in [2.45, 2.75) is 17.1 Å². The number of thioether (sulfide) groups is 1. The fraction of sp³-hybridized carbons (Fsp3) is 0.200. The number of nitriles is 1. The summed E-state index contributed by atoms with van der Waals surface area (Å²) in [6.07, 6.45) is 0.807. The van der Waals surface area contributed by atoms with Crippen molar-refractivity contribution in [1.29, 1.82) is 5.26 Å². The third-order valence-corrected chi connectivity index (χ3v) is 2.47. The van der Waals surface area contributed by atoms with Crippen molar-refractivity contribution in [3.8, 4) is 6.07 Å². The summed E-state index contributed by atoms with van der Waals surface area (Å²) in [5, 5.41) is 8.50. The van der Waals surface area contributed by atoms with Crippen molar-refractivity contribution in [2.75, 3.05) is 0 Å². The zero-order valence-corrected chi connectivity index (χ0v) is 8.04. The number of nitrogens with zero attached hydrogens (tertiary/aromatic N) is 1. The van der Waals surface area contributed by atoms with Crippen molar-refractivity contribution < 1.29 is 4.79 Å². The normalized spacial score (nSPS) is 11.7. The second kappa shape index (κ2) is 4.68. The van der Waals surface area contributed by atoms with Crippen LogP contribution in [0.25, 0.3) is 0 Å². The highest BCUT2D eigenvalue weighted by Crippen LogP contribution is 2.22. The molecule has 0 aliphatic carbocycles. The first-order valence-corrected chi connectivity index (χ1v) is 4.75. The Morgan fingerprint density at radius 1 is 1.62 bits per heavy atom. The molecule has 0 aliphatic rings. The highest BCUT2D eigenvalue weighted by Gasteiger charge is 2.02. The van der Waals surface area contributed by atoms with Crippen LogP contribution in [0.5, 0.6) is 0 Å². The van der Waals surface area contributed by atoms with E-state index in [1.165, 1.54) is 11.8 Å². The first-order chi connectivity index (χ1) is 6.26. The molecule has 1 aromatic carbocycles. The molecule has 0 fully saturated rings. The molecule has 0 saturated heterocycles. The number of carbonyl (C=O) groups excluding carboxylic acids is 1. The van der Waals surface area contributed by atoms with Gasteiger partial charge in [-0.25, -0.2) is 0 Å². The number of rotatable bonds is 3. The standard InChI is InChI=1S/C10H9NOS/c1-8(6-11)13-10-4-2-3-9(5-10)7-12/h2-5,7-8H,1H3. The summed E-state index contributed by atoms with van der Waals surface area (Å²) in [6, 6.07) is 9.36. The maximum absolute atomic E-state index is 10.4. The Hall–Kier alpha value is -1.27. The van der Waals surface area contributed by atoms with Gasteiger partial charge in [0.2, 0.25) is 0 Å². The van der Waals surface area contributed by atoms with Gasteiger partial charge >= 0.3 is 0 Å². The van der Waals surface area contributed by atoms with E-state index in [4.69, 9.17) is 5.26 Å². The minimum absolute atomic E-state index is 0.0816. The molecule has 13 heavy (non-hydrogen) atoms. The molecule has 0 aromatic heterocycles. The van der Waals surface area contributed by atoms with Gasteiger partial charge in [-0.3, -0.25) is 4.79 Å². The van der Waals surface area contributed by atoms with Gasteiger partial charge in [-0.15, -0.1) is 11.8 Å². The number of aldehydes is 1. The lowest BCUT2D eigenvalue weighted by molar-refractivity contribution is 0.112. The van der Waals surface area contributed by atoms with Gasteiger partial charge in [-0.05, 0) is 19.1 Å². The van der Waals surface area contributed by atoms with Crippen LogP contribution in [0.3, 0.4) is 0 Å². The largest absolute Gasteiger partial charge is 0.298 e. The summed E-state index contributed by atoms with van der Waals surface area (Å²) in [7, 11) is 0. The average Bonchev–Trinajstić information content (AvgIpc) is 2.18. The molecule has 0 radical (unpaired) electrons. The number of benzene rings is 1. The maximum atomic E-state index is 10.4. The van der Waals surface area contributed by atoms with E-state index < -0.39 is 0 Å². The van der Waals surface area contributed by atoms with Gasteiger partial charge in [0.15, 0.2) is 0 Å². The second-order valence-electron chi connectivity index (χ2n) is 2.58. The maximum Gasteiger partial charge on any atom is 0.150 e. The van der Waals surface area contributed by atoms with Crippen LogP contribution >= 0.6 is 11.8 Å². The predicted octanol–water partition coefficient (Wildman–Crippen LogP) is 2.50. The monoisotopic (exact) mass is 191 g/mol. The molecule has 1 rings (SSSR count). The molecule has 0 amide bonds. The Morgan fingerprint density at radius 2 is 2.38 bits per heavy atom. The smallest absolute Gasteiger partial charge is 0.150 e. The highest BCUT2D eigenvalue weighted by molar-refractivity contribution is 8.00. The Balaban J connectivity index is 2.78. The molecule has 0 aliphatic heterocycles. The Morgan fingerprint density at radius 3 is 3.00 bits per heavy atom. The van der Waals surface area contributed by atoms with E-state index in [1.807, 2.05) is 19.1 Å².